The van der Waals surface area contributed by atoms with Crippen LogP contribution in [0.2, 0.25) is 0 Å². The maximum atomic E-state index is 4.75. The number of rotatable bonds is 7. The van der Waals surface area contributed by atoms with E-state index in [4.69, 9.17) is 4.99 Å². The first-order valence-corrected chi connectivity index (χ1v) is 10.9. The van der Waals surface area contributed by atoms with E-state index in [-0.39, 0.29) is 0 Å². The molecule has 7 heteroatoms. The van der Waals surface area contributed by atoms with Crippen molar-refractivity contribution in [3.63, 3.8) is 0 Å². The summed E-state index contributed by atoms with van der Waals surface area (Å²) in [5, 5.41) is 15.4. The number of aromatic nitrogens is 3. The SMILES string of the molecule is CCNC(=NCc1nnc2ccccn12)NCC(CC)N1CCc2ccccc2C1. The topological polar surface area (TPSA) is 69.8 Å². The molecular formula is C23H31N7. The number of nitrogens with one attached hydrogen (secondary N) is 2. The van der Waals surface area contributed by atoms with E-state index in [0.717, 1.165) is 56.5 Å². The number of pyridine rings is 1. The third-order valence-electron chi connectivity index (χ3n) is 5.76. The van der Waals surface area contributed by atoms with Crippen molar-refractivity contribution in [2.24, 2.45) is 4.99 Å². The lowest BCUT2D eigenvalue weighted by Gasteiger charge is -2.35. The number of hydrogen-bond donors (Lipinski definition) is 2. The Labute approximate surface area is 178 Å². The van der Waals surface area contributed by atoms with Gasteiger partial charge in [0.25, 0.3) is 0 Å². The van der Waals surface area contributed by atoms with Gasteiger partial charge in [-0.2, -0.15) is 0 Å². The average Bonchev–Trinajstić information content (AvgIpc) is 3.21. The highest BCUT2D eigenvalue weighted by Crippen LogP contribution is 2.21. The molecule has 3 aromatic rings. The van der Waals surface area contributed by atoms with E-state index < -0.39 is 0 Å². The van der Waals surface area contributed by atoms with Crippen molar-refractivity contribution < 1.29 is 0 Å². The zero-order valence-corrected chi connectivity index (χ0v) is 17.9. The summed E-state index contributed by atoms with van der Waals surface area (Å²) < 4.78 is 1.98. The molecule has 158 valence electrons. The van der Waals surface area contributed by atoms with Gasteiger partial charge in [-0.25, -0.2) is 4.99 Å². The molecule has 30 heavy (non-hydrogen) atoms. The Morgan fingerprint density at radius 1 is 1.07 bits per heavy atom. The lowest BCUT2D eigenvalue weighted by Crippen LogP contribution is -2.48. The van der Waals surface area contributed by atoms with Crippen molar-refractivity contribution >= 4 is 11.6 Å². The van der Waals surface area contributed by atoms with Crippen molar-refractivity contribution in [1.82, 2.24) is 30.1 Å². The van der Waals surface area contributed by atoms with Gasteiger partial charge in [0.2, 0.25) is 0 Å². The molecule has 0 bridgehead atoms. The second-order valence-electron chi connectivity index (χ2n) is 7.67. The zero-order valence-electron chi connectivity index (χ0n) is 17.9. The van der Waals surface area contributed by atoms with Gasteiger partial charge in [0.1, 0.15) is 6.54 Å². The van der Waals surface area contributed by atoms with Gasteiger partial charge in [-0.15, -0.1) is 10.2 Å². The van der Waals surface area contributed by atoms with E-state index in [2.05, 4.69) is 63.8 Å². The Kier molecular flexibility index (Phi) is 6.59. The van der Waals surface area contributed by atoms with Gasteiger partial charge >= 0.3 is 0 Å². The van der Waals surface area contributed by atoms with E-state index in [9.17, 15) is 0 Å². The van der Waals surface area contributed by atoms with Crippen LogP contribution in [0, 0.1) is 0 Å². The highest BCUT2D eigenvalue weighted by molar-refractivity contribution is 5.79. The Bertz CT molecular complexity index is 994. The minimum Gasteiger partial charge on any atom is -0.357 e. The Morgan fingerprint density at radius 2 is 1.90 bits per heavy atom. The normalized spacial score (nSPS) is 15.7. The predicted molar refractivity (Wildman–Crippen MR) is 120 cm³/mol. The Hall–Kier alpha value is -2.93. The van der Waals surface area contributed by atoms with Crippen LogP contribution >= 0.6 is 0 Å². The third-order valence-corrected chi connectivity index (χ3v) is 5.76. The molecule has 1 atom stereocenters. The largest absolute Gasteiger partial charge is 0.357 e. The lowest BCUT2D eigenvalue weighted by atomic mass is 9.98. The summed E-state index contributed by atoms with van der Waals surface area (Å²) in [6, 6.07) is 15.2. The molecular weight excluding hydrogens is 374 g/mol. The molecule has 3 heterocycles. The molecule has 1 aliphatic rings. The Balaban J connectivity index is 1.39. The van der Waals surface area contributed by atoms with Crippen LogP contribution in [0.5, 0.6) is 0 Å². The number of benzene rings is 1. The molecule has 2 N–H and O–H groups in total. The van der Waals surface area contributed by atoms with E-state index >= 15 is 0 Å². The van der Waals surface area contributed by atoms with Crippen LogP contribution in [-0.2, 0) is 19.5 Å². The first-order chi connectivity index (χ1) is 14.8. The van der Waals surface area contributed by atoms with Crippen LogP contribution in [0.3, 0.4) is 0 Å². The molecule has 1 unspecified atom stereocenters. The molecule has 7 nitrogen and oxygen atoms in total. The average molecular weight is 406 g/mol. The molecule has 2 aromatic heterocycles. The lowest BCUT2D eigenvalue weighted by molar-refractivity contribution is 0.174. The van der Waals surface area contributed by atoms with Gasteiger partial charge in [-0.1, -0.05) is 37.3 Å². The maximum Gasteiger partial charge on any atom is 0.191 e. The standard InChI is InChI=1S/C23H31N7/c1-3-20(29-14-12-18-9-5-6-10-19(18)17-29)15-25-23(24-4-2)26-16-22-28-27-21-11-7-8-13-30(21)22/h5-11,13,20H,3-4,12,14-17H2,1-2H3,(H2,24,25,26). The summed E-state index contributed by atoms with van der Waals surface area (Å²) in [6.45, 7) is 8.65. The number of hydrogen-bond acceptors (Lipinski definition) is 4. The predicted octanol–water partition coefficient (Wildman–Crippen LogP) is 2.62. The van der Waals surface area contributed by atoms with E-state index in [1.807, 2.05) is 28.8 Å². The van der Waals surface area contributed by atoms with E-state index in [0.29, 0.717) is 12.6 Å². The first-order valence-electron chi connectivity index (χ1n) is 10.9. The minimum atomic E-state index is 0.469. The van der Waals surface area contributed by atoms with Crippen molar-refractivity contribution in [2.45, 2.75) is 45.8 Å². The van der Waals surface area contributed by atoms with Crippen LogP contribution in [0.25, 0.3) is 5.65 Å². The van der Waals surface area contributed by atoms with Crippen molar-refractivity contribution in [1.29, 1.82) is 0 Å². The molecule has 0 radical (unpaired) electrons. The second kappa shape index (κ2) is 9.71. The molecule has 0 saturated heterocycles. The second-order valence-corrected chi connectivity index (χ2v) is 7.67. The fourth-order valence-corrected chi connectivity index (χ4v) is 4.07. The number of nitrogens with zero attached hydrogens (tertiary/aromatic N) is 5. The number of guanidine groups is 1. The van der Waals surface area contributed by atoms with Gasteiger partial charge in [0.05, 0.1) is 0 Å². The highest BCUT2D eigenvalue weighted by Gasteiger charge is 2.22. The Morgan fingerprint density at radius 3 is 2.73 bits per heavy atom. The molecule has 0 fully saturated rings. The molecule has 4 rings (SSSR count). The molecule has 0 amide bonds. The van der Waals surface area contributed by atoms with Crippen LogP contribution in [-0.4, -0.2) is 51.1 Å². The van der Waals surface area contributed by atoms with Gasteiger partial charge < -0.3 is 10.6 Å². The molecule has 1 aliphatic heterocycles. The summed E-state index contributed by atoms with van der Waals surface area (Å²) in [5.41, 5.74) is 3.80. The van der Waals surface area contributed by atoms with E-state index in [1.54, 1.807) is 0 Å². The summed E-state index contributed by atoms with van der Waals surface area (Å²) in [4.78, 5) is 7.33. The van der Waals surface area contributed by atoms with Crippen molar-refractivity contribution in [2.75, 3.05) is 19.6 Å². The maximum absolute atomic E-state index is 4.75. The fourth-order valence-electron chi connectivity index (χ4n) is 4.07. The van der Waals surface area contributed by atoms with Crippen LogP contribution in [0.4, 0.5) is 0 Å². The molecule has 1 aromatic carbocycles. The smallest absolute Gasteiger partial charge is 0.191 e. The summed E-state index contributed by atoms with van der Waals surface area (Å²) in [7, 11) is 0. The first kappa shape index (κ1) is 20.3. The monoisotopic (exact) mass is 405 g/mol. The summed E-state index contributed by atoms with van der Waals surface area (Å²) >= 11 is 0. The zero-order chi connectivity index (χ0) is 20.8. The molecule has 0 saturated carbocycles. The quantitative estimate of drug-likeness (QED) is 0.467. The van der Waals surface area contributed by atoms with Gasteiger partial charge in [0.15, 0.2) is 17.4 Å². The summed E-state index contributed by atoms with van der Waals surface area (Å²) in [6.07, 6.45) is 4.20. The van der Waals surface area contributed by atoms with Crippen molar-refractivity contribution in [3.8, 4) is 0 Å². The summed E-state index contributed by atoms with van der Waals surface area (Å²) in [5.74, 6) is 1.66. The van der Waals surface area contributed by atoms with Crippen molar-refractivity contribution in [3.05, 3.63) is 65.6 Å². The van der Waals surface area contributed by atoms with Gasteiger partial charge in [0, 0.05) is 38.4 Å². The molecule has 0 spiro atoms. The molecule has 0 aliphatic carbocycles. The van der Waals surface area contributed by atoms with Gasteiger partial charge in [-0.05, 0) is 43.0 Å². The fraction of sp³-hybridized carbons (Fsp3) is 0.435. The van der Waals surface area contributed by atoms with Crippen LogP contribution < -0.4 is 10.6 Å². The number of aliphatic imine (C=N–C) groups is 1. The number of fused-ring (bicyclic) bond motifs is 2. The van der Waals surface area contributed by atoms with E-state index in [1.165, 1.54) is 11.1 Å². The van der Waals surface area contributed by atoms with Crippen LogP contribution in [0.1, 0.15) is 37.2 Å². The third kappa shape index (κ3) is 4.62. The highest BCUT2D eigenvalue weighted by atomic mass is 15.3. The van der Waals surface area contributed by atoms with Gasteiger partial charge in [-0.3, -0.25) is 9.30 Å². The van der Waals surface area contributed by atoms with Crippen LogP contribution in [0.15, 0.2) is 53.7 Å². The minimum absolute atomic E-state index is 0.469.